The van der Waals surface area contributed by atoms with Crippen molar-refractivity contribution in [3.05, 3.63) is 40.9 Å². The zero-order valence-corrected chi connectivity index (χ0v) is 13.4. The molecule has 0 atom stereocenters. The van der Waals surface area contributed by atoms with Gasteiger partial charge in [0.15, 0.2) is 11.4 Å². The van der Waals surface area contributed by atoms with E-state index < -0.39 is 11.8 Å². The van der Waals surface area contributed by atoms with E-state index in [0.29, 0.717) is 20.8 Å². The Morgan fingerprint density at radius 3 is 2.96 bits per heavy atom. The summed E-state index contributed by atoms with van der Waals surface area (Å²) in [5, 5.41) is 10.7. The first-order valence-corrected chi connectivity index (χ1v) is 7.81. The molecule has 23 heavy (non-hydrogen) atoms. The Hall–Kier alpha value is -2.25. The van der Waals surface area contributed by atoms with Crippen LogP contribution in [0.5, 0.6) is 5.75 Å². The maximum Gasteiger partial charge on any atom is 0.360 e. The van der Waals surface area contributed by atoms with Gasteiger partial charge in [0.25, 0.3) is 0 Å². The van der Waals surface area contributed by atoms with Gasteiger partial charge in [-0.3, -0.25) is 0 Å². The predicted octanol–water partition coefficient (Wildman–Crippen LogP) is 4.03. The number of hydrogen-bond donors (Lipinski definition) is 1. The SMILES string of the molecule is CCOC(=O)c1ncc2nc(-c3ccc(F)c(Cl)c3)sc2c1O. The Morgan fingerprint density at radius 1 is 1.48 bits per heavy atom. The van der Waals surface area contributed by atoms with E-state index in [-0.39, 0.29) is 23.1 Å². The third kappa shape index (κ3) is 2.85. The first-order valence-electron chi connectivity index (χ1n) is 6.62. The lowest BCUT2D eigenvalue weighted by molar-refractivity contribution is 0.0516. The number of hydrogen-bond acceptors (Lipinski definition) is 6. The number of esters is 1. The van der Waals surface area contributed by atoms with Crippen LogP contribution in [0.4, 0.5) is 4.39 Å². The van der Waals surface area contributed by atoms with E-state index in [0.717, 1.165) is 11.3 Å². The summed E-state index contributed by atoms with van der Waals surface area (Å²) in [6, 6.07) is 4.23. The van der Waals surface area contributed by atoms with Crippen LogP contribution in [0.3, 0.4) is 0 Å². The van der Waals surface area contributed by atoms with E-state index in [4.69, 9.17) is 16.3 Å². The van der Waals surface area contributed by atoms with Crippen LogP contribution >= 0.6 is 22.9 Å². The number of halogens is 2. The van der Waals surface area contributed by atoms with Gasteiger partial charge in [-0.2, -0.15) is 0 Å². The fraction of sp³-hybridized carbons (Fsp3) is 0.133. The molecule has 5 nitrogen and oxygen atoms in total. The van der Waals surface area contributed by atoms with Crippen molar-refractivity contribution in [2.45, 2.75) is 6.92 Å². The van der Waals surface area contributed by atoms with Gasteiger partial charge in [-0.25, -0.2) is 19.2 Å². The van der Waals surface area contributed by atoms with E-state index in [2.05, 4.69) is 9.97 Å². The molecule has 0 fully saturated rings. The van der Waals surface area contributed by atoms with Crippen LogP contribution in [0.25, 0.3) is 20.8 Å². The summed E-state index contributed by atoms with van der Waals surface area (Å²) in [5.41, 5.74) is 0.873. The molecule has 0 saturated heterocycles. The Morgan fingerprint density at radius 2 is 2.26 bits per heavy atom. The average molecular weight is 353 g/mol. The molecule has 0 aliphatic carbocycles. The van der Waals surface area contributed by atoms with Gasteiger partial charge in [0.1, 0.15) is 21.0 Å². The molecular weight excluding hydrogens is 343 g/mol. The van der Waals surface area contributed by atoms with Crippen molar-refractivity contribution in [1.82, 2.24) is 9.97 Å². The second-order valence-corrected chi connectivity index (χ2v) is 5.94. The van der Waals surface area contributed by atoms with Crippen LogP contribution in [0.2, 0.25) is 5.02 Å². The highest BCUT2D eigenvalue weighted by atomic mass is 35.5. The third-order valence-corrected chi connectivity index (χ3v) is 4.46. The first kappa shape index (κ1) is 15.6. The van der Waals surface area contributed by atoms with Gasteiger partial charge in [-0.1, -0.05) is 11.6 Å². The minimum Gasteiger partial charge on any atom is -0.504 e. The number of pyridine rings is 1. The summed E-state index contributed by atoms with van der Waals surface area (Å²) in [4.78, 5) is 20.0. The lowest BCUT2D eigenvalue weighted by Gasteiger charge is -2.02. The fourth-order valence-corrected chi connectivity index (χ4v) is 3.14. The number of aromatic nitrogens is 2. The molecule has 1 aromatic carbocycles. The minimum atomic E-state index is -0.702. The van der Waals surface area contributed by atoms with Crippen molar-refractivity contribution < 1.29 is 19.0 Å². The summed E-state index contributed by atoms with van der Waals surface area (Å²) in [6.45, 7) is 1.84. The van der Waals surface area contributed by atoms with Crippen molar-refractivity contribution in [3.63, 3.8) is 0 Å². The fourth-order valence-electron chi connectivity index (χ4n) is 1.98. The van der Waals surface area contributed by atoms with Crippen LogP contribution in [0.1, 0.15) is 17.4 Å². The lowest BCUT2D eigenvalue weighted by atomic mass is 10.2. The number of rotatable bonds is 3. The van der Waals surface area contributed by atoms with Crippen molar-refractivity contribution >= 4 is 39.1 Å². The largest absolute Gasteiger partial charge is 0.504 e. The molecule has 0 spiro atoms. The van der Waals surface area contributed by atoms with Gasteiger partial charge in [0.05, 0.1) is 17.8 Å². The summed E-state index contributed by atoms with van der Waals surface area (Å²) in [5.74, 6) is -1.50. The summed E-state index contributed by atoms with van der Waals surface area (Å²) >= 11 is 6.93. The molecule has 0 aliphatic rings. The summed E-state index contributed by atoms with van der Waals surface area (Å²) in [7, 11) is 0. The van der Waals surface area contributed by atoms with E-state index in [9.17, 15) is 14.3 Å². The highest BCUT2D eigenvalue weighted by Crippen LogP contribution is 2.37. The van der Waals surface area contributed by atoms with Crippen molar-refractivity contribution in [3.8, 4) is 16.3 Å². The molecule has 3 aromatic rings. The first-order chi connectivity index (χ1) is 11.0. The monoisotopic (exact) mass is 352 g/mol. The number of carbonyl (C=O) groups is 1. The van der Waals surface area contributed by atoms with Crippen LogP contribution in [0.15, 0.2) is 24.4 Å². The number of aromatic hydroxyl groups is 1. The van der Waals surface area contributed by atoms with E-state index in [1.165, 1.54) is 24.4 Å². The lowest BCUT2D eigenvalue weighted by Crippen LogP contribution is -2.07. The maximum atomic E-state index is 13.2. The van der Waals surface area contributed by atoms with Crippen LogP contribution in [-0.4, -0.2) is 27.7 Å². The highest BCUT2D eigenvalue weighted by molar-refractivity contribution is 7.22. The molecule has 0 radical (unpaired) electrons. The van der Waals surface area contributed by atoms with Crippen molar-refractivity contribution in [1.29, 1.82) is 0 Å². The Labute approximate surface area is 139 Å². The molecule has 8 heteroatoms. The van der Waals surface area contributed by atoms with Crippen LogP contribution < -0.4 is 0 Å². The quantitative estimate of drug-likeness (QED) is 0.720. The number of fused-ring (bicyclic) bond motifs is 1. The van der Waals surface area contributed by atoms with Gasteiger partial charge < -0.3 is 9.84 Å². The van der Waals surface area contributed by atoms with Gasteiger partial charge in [0.2, 0.25) is 0 Å². The number of nitrogens with zero attached hydrogens (tertiary/aromatic N) is 2. The summed E-state index contributed by atoms with van der Waals surface area (Å²) in [6.07, 6.45) is 1.38. The normalized spacial score (nSPS) is 10.9. The molecule has 3 rings (SSSR count). The van der Waals surface area contributed by atoms with Crippen molar-refractivity contribution in [2.24, 2.45) is 0 Å². The zero-order valence-electron chi connectivity index (χ0n) is 11.8. The summed E-state index contributed by atoms with van der Waals surface area (Å²) < 4.78 is 18.5. The van der Waals surface area contributed by atoms with Crippen LogP contribution in [-0.2, 0) is 4.74 Å². The standard InChI is InChI=1S/C15H10ClFN2O3S/c1-2-22-15(21)11-12(20)13-10(6-18-11)19-14(23-13)7-3-4-9(17)8(16)5-7/h3-6,20H,2H2,1H3. The molecule has 0 saturated carbocycles. The molecule has 0 bridgehead atoms. The molecule has 2 heterocycles. The molecule has 0 aliphatic heterocycles. The number of benzene rings is 1. The molecule has 118 valence electrons. The van der Waals surface area contributed by atoms with E-state index in [1.54, 1.807) is 6.92 Å². The predicted molar refractivity (Wildman–Crippen MR) is 85.4 cm³/mol. The smallest absolute Gasteiger partial charge is 0.360 e. The third-order valence-electron chi connectivity index (χ3n) is 3.04. The Kier molecular flexibility index (Phi) is 4.14. The van der Waals surface area contributed by atoms with Crippen molar-refractivity contribution in [2.75, 3.05) is 6.61 Å². The average Bonchev–Trinajstić information content (AvgIpc) is 2.95. The Balaban J connectivity index is 2.10. The zero-order chi connectivity index (χ0) is 16.6. The molecule has 1 N–H and O–H groups in total. The van der Waals surface area contributed by atoms with Gasteiger partial charge >= 0.3 is 5.97 Å². The van der Waals surface area contributed by atoms with E-state index >= 15 is 0 Å². The Bertz CT molecular complexity index is 913. The number of ether oxygens (including phenoxy) is 1. The maximum absolute atomic E-state index is 13.2. The second kappa shape index (κ2) is 6.10. The van der Waals surface area contributed by atoms with E-state index in [1.807, 2.05) is 0 Å². The van der Waals surface area contributed by atoms with Gasteiger partial charge in [-0.05, 0) is 25.1 Å². The molecule has 2 aromatic heterocycles. The molecule has 0 amide bonds. The second-order valence-electron chi connectivity index (χ2n) is 4.54. The molecule has 0 unspecified atom stereocenters. The number of thiazole rings is 1. The molecular formula is C15H10ClFN2O3S. The highest BCUT2D eigenvalue weighted by Gasteiger charge is 2.20. The van der Waals surface area contributed by atoms with Crippen LogP contribution in [0, 0.1) is 5.82 Å². The number of carbonyl (C=O) groups excluding carboxylic acids is 1. The van der Waals surface area contributed by atoms with Gasteiger partial charge in [-0.15, -0.1) is 11.3 Å². The van der Waals surface area contributed by atoms with Gasteiger partial charge in [0, 0.05) is 5.56 Å². The topological polar surface area (TPSA) is 72.3 Å². The minimum absolute atomic E-state index is 0.0173.